The lowest BCUT2D eigenvalue weighted by Crippen LogP contribution is -2.28. The fourth-order valence-corrected chi connectivity index (χ4v) is 9.31. The average molecular weight is 645 g/mol. The van der Waals surface area contributed by atoms with Gasteiger partial charge in [-0.25, -0.2) is 0 Å². The zero-order chi connectivity index (χ0) is 33.5. The van der Waals surface area contributed by atoms with Crippen LogP contribution in [0.15, 0.2) is 194 Å². The summed E-state index contributed by atoms with van der Waals surface area (Å²) in [5, 5.41) is 10.4. The van der Waals surface area contributed by atoms with E-state index in [4.69, 9.17) is 0 Å². The van der Waals surface area contributed by atoms with Crippen molar-refractivity contribution in [3.8, 4) is 33.4 Å². The summed E-state index contributed by atoms with van der Waals surface area (Å²) in [5.74, 6) is 0. The van der Waals surface area contributed by atoms with Crippen molar-refractivity contribution in [3.63, 3.8) is 0 Å². The van der Waals surface area contributed by atoms with Crippen molar-refractivity contribution in [3.05, 3.63) is 216 Å². The molecule has 0 nitrogen and oxygen atoms in total. The maximum atomic E-state index is 2.50. The van der Waals surface area contributed by atoms with Gasteiger partial charge in [-0.2, -0.15) is 0 Å². The highest BCUT2D eigenvalue weighted by molar-refractivity contribution is 6.23. The third kappa shape index (κ3) is 3.96. The number of hydrogen-bond donors (Lipinski definition) is 0. The molecule has 0 saturated carbocycles. The molecule has 0 amide bonds. The highest BCUT2D eigenvalue weighted by Crippen LogP contribution is 2.60. The quantitative estimate of drug-likeness (QED) is 0.167. The van der Waals surface area contributed by atoms with Gasteiger partial charge in [0.05, 0.1) is 5.41 Å². The number of benzene rings is 10. The molecule has 236 valence electrons. The average Bonchev–Trinajstić information content (AvgIpc) is 3.49. The van der Waals surface area contributed by atoms with Gasteiger partial charge in [0.25, 0.3) is 0 Å². The fraction of sp³-hybridized carbons (Fsp3) is 0.0196. The zero-order valence-electron chi connectivity index (χ0n) is 28.0. The van der Waals surface area contributed by atoms with Crippen LogP contribution in [-0.4, -0.2) is 0 Å². The molecule has 10 aromatic carbocycles. The highest BCUT2D eigenvalue weighted by atomic mass is 14.5. The van der Waals surface area contributed by atoms with Crippen LogP contribution < -0.4 is 0 Å². The minimum atomic E-state index is -0.521. The van der Waals surface area contributed by atoms with Crippen LogP contribution in [0.25, 0.3) is 76.5 Å². The molecule has 1 aliphatic rings. The van der Waals surface area contributed by atoms with E-state index in [-0.39, 0.29) is 0 Å². The van der Waals surface area contributed by atoms with Gasteiger partial charge in [-0.15, -0.1) is 0 Å². The normalized spacial score (nSPS) is 13.3. The van der Waals surface area contributed by atoms with Gasteiger partial charge in [0.1, 0.15) is 0 Å². The molecule has 11 rings (SSSR count). The number of hydrogen-bond acceptors (Lipinski definition) is 0. The Bertz CT molecular complexity index is 2830. The van der Waals surface area contributed by atoms with Crippen LogP contribution in [0, 0.1) is 0 Å². The van der Waals surface area contributed by atoms with Crippen LogP contribution in [0.1, 0.15) is 22.3 Å². The lowest BCUT2D eigenvalue weighted by molar-refractivity contribution is 0.770. The Morgan fingerprint density at radius 2 is 0.843 bits per heavy atom. The van der Waals surface area contributed by atoms with Gasteiger partial charge in [-0.3, -0.25) is 0 Å². The molecule has 0 unspecified atom stereocenters. The van der Waals surface area contributed by atoms with E-state index < -0.39 is 5.41 Å². The predicted molar refractivity (Wildman–Crippen MR) is 216 cm³/mol. The molecular weight excluding hydrogens is 613 g/mol. The molecule has 0 saturated heterocycles. The smallest absolute Gasteiger partial charge is 0.0622 e. The standard InChI is InChI=1S/C51H32/c1-4-13-33(14-5-1)49-43-22-11-10-15-37(43)32-46-50(49)44-28-27-36(31-45(44)51(46,41-18-6-2-7-19-41)42-20-8-3-9-21-42)40-29-38-25-23-34-16-12-17-35-24-26-39(30-40)48(38)47(34)35/h1-32H. The van der Waals surface area contributed by atoms with E-state index in [1.165, 1.54) is 98.7 Å². The topological polar surface area (TPSA) is 0 Å². The molecule has 0 fully saturated rings. The minimum Gasteiger partial charge on any atom is -0.0622 e. The molecule has 0 radical (unpaired) electrons. The molecule has 51 heavy (non-hydrogen) atoms. The van der Waals surface area contributed by atoms with Gasteiger partial charge < -0.3 is 0 Å². The van der Waals surface area contributed by atoms with Crippen molar-refractivity contribution in [2.45, 2.75) is 5.41 Å². The van der Waals surface area contributed by atoms with Crippen molar-refractivity contribution < 1.29 is 0 Å². The van der Waals surface area contributed by atoms with Gasteiger partial charge in [0.15, 0.2) is 0 Å². The Labute approximate surface area is 297 Å². The predicted octanol–water partition coefficient (Wildman–Crippen LogP) is 13.4. The molecule has 0 aromatic heterocycles. The molecular formula is C51H32. The van der Waals surface area contributed by atoms with E-state index in [9.17, 15) is 0 Å². The highest BCUT2D eigenvalue weighted by Gasteiger charge is 2.47. The van der Waals surface area contributed by atoms with Crippen LogP contribution in [0.2, 0.25) is 0 Å². The Balaban J connectivity index is 1.27. The summed E-state index contributed by atoms with van der Waals surface area (Å²) in [6, 6.07) is 72.5. The van der Waals surface area contributed by atoms with Crippen molar-refractivity contribution in [1.82, 2.24) is 0 Å². The monoisotopic (exact) mass is 644 g/mol. The van der Waals surface area contributed by atoms with Crippen LogP contribution in [-0.2, 0) is 5.41 Å². The molecule has 1 aliphatic carbocycles. The molecule has 0 heteroatoms. The number of fused-ring (bicyclic) bond motifs is 4. The van der Waals surface area contributed by atoms with Crippen molar-refractivity contribution >= 4 is 43.1 Å². The lowest BCUT2D eigenvalue weighted by atomic mass is 9.67. The molecule has 0 N–H and O–H groups in total. The Morgan fingerprint density at radius 3 is 1.51 bits per heavy atom. The molecule has 10 aromatic rings. The van der Waals surface area contributed by atoms with E-state index in [1.807, 2.05) is 0 Å². The van der Waals surface area contributed by atoms with E-state index >= 15 is 0 Å². The van der Waals surface area contributed by atoms with Gasteiger partial charge in [0, 0.05) is 0 Å². The van der Waals surface area contributed by atoms with Gasteiger partial charge in [-0.1, -0.05) is 170 Å². The molecule has 0 bridgehead atoms. The van der Waals surface area contributed by atoms with Gasteiger partial charge in [-0.05, 0) is 123 Å². The molecule has 0 heterocycles. The first-order valence-corrected chi connectivity index (χ1v) is 17.8. The second kappa shape index (κ2) is 10.7. The Hall–Kier alpha value is -6.50. The second-order valence-corrected chi connectivity index (χ2v) is 14.0. The molecule has 0 spiro atoms. The minimum absolute atomic E-state index is 0.521. The second-order valence-electron chi connectivity index (χ2n) is 14.0. The summed E-state index contributed by atoms with van der Waals surface area (Å²) in [4.78, 5) is 0. The zero-order valence-corrected chi connectivity index (χ0v) is 28.0. The summed E-state index contributed by atoms with van der Waals surface area (Å²) >= 11 is 0. The van der Waals surface area contributed by atoms with Crippen LogP contribution in [0.5, 0.6) is 0 Å². The first kappa shape index (κ1) is 28.3. The maximum Gasteiger partial charge on any atom is 0.0714 e. The lowest BCUT2D eigenvalue weighted by Gasteiger charge is -2.34. The third-order valence-corrected chi connectivity index (χ3v) is 11.4. The fourth-order valence-electron chi connectivity index (χ4n) is 9.31. The van der Waals surface area contributed by atoms with Crippen LogP contribution in [0.3, 0.4) is 0 Å². The van der Waals surface area contributed by atoms with Crippen LogP contribution >= 0.6 is 0 Å². The van der Waals surface area contributed by atoms with Crippen LogP contribution in [0.4, 0.5) is 0 Å². The Kier molecular flexibility index (Phi) is 5.97. The van der Waals surface area contributed by atoms with E-state index in [0.717, 1.165) is 0 Å². The summed E-state index contributed by atoms with van der Waals surface area (Å²) in [5.41, 5.74) is 12.3. The third-order valence-electron chi connectivity index (χ3n) is 11.4. The SMILES string of the molecule is c1ccc(-c2c3c(cc4ccccc24)C(c2ccccc2)(c2ccccc2)c2cc(-c4cc5ccc6cccc7ccc(c4)c5c67)ccc2-3)cc1. The van der Waals surface area contributed by atoms with Crippen molar-refractivity contribution in [1.29, 1.82) is 0 Å². The van der Waals surface area contributed by atoms with E-state index in [2.05, 4.69) is 194 Å². The van der Waals surface area contributed by atoms with Crippen molar-refractivity contribution in [2.24, 2.45) is 0 Å². The largest absolute Gasteiger partial charge is 0.0714 e. The number of rotatable bonds is 4. The van der Waals surface area contributed by atoms with E-state index in [0.29, 0.717) is 0 Å². The maximum absolute atomic E-state index is 2.50. The first-order valence-electron chi connectivity index (χ1n) is 17.8. The summed E-state index contributed by atoms with van der Waals surface area (Å²) < 4.78 is 0. The molecule has 0 atom stereocenters. The van der Waals surface area contributed by atoms with Crippen molar-refractivity contribution in [2.75, 3.05) is 0 Å². The summed E-state index contributed by atoms with van der Waals surface area (Å²) in [6.45, 7) is 0. The summed E-state index contributed by atoms with van der Waals surface area (Å²) in [7, 11) is 0. The van der Waals surface area contributed by atoms with Gasteiger partial charge >= 0.3 is 0 Å². The summed E-state index contributed by atoms with van der Waals surface area (Å²) in [6.07, 6.45) is 0. The Morgan fingerprint density at radius 1 is 0.294 bits per heavy atom. The first-order chi connectivity index (χ1) is 25.3. The van der Waals surface area contributed by atoms with E-state index in [1.54, 1.807) is 0 Å². The van der Waals surface area contributed by atoms with Gasteiger partial charge in [0.2, 0.25) is 0 Å². The molecule has 0 aliphatic heterocycles.